The van der Waals surface area contributed by atoms with Gasteiger partial charge in [0.2, 0.25) is 0 Å². The SMILES string of the molecule is CCCCCOc1ccccc1C(=O)NC(=S)Nc1ccc(C)cc1C. The van der Waals surface area contributed by atoms with Crippen LogP contribution in [0.15, 0.2) is 42.5 Å². The van der Waals surface area contributed by atoms with E-state index in [0.29, 0.717) is 17.9 Å². The molecule has 0 heterocycles. The largest absolute Gasteiger partial charge is 0.493 e. The van der Waals surface area contributed by atoms with Gasteiger partial charge in [-0.05, 0) is 56.2 Å². The highest BCUT2D eigenvalue weighted by atomic mass is 32.1. The van der Waals surface area contributed by atoms with Crippen molar-refractivity contribution in [3.63, 3.8) is 0 Å². The second kappa shape index (κ2) is 9.92. The number of unbranched alkanes of at least 4 members (excludes halogenated alkanes) is 2. The summed E-state index contributed by atoms with van der Waals surface area (Å²) >= 11 is 5.29. The molecule has 0 atom stereocenters. The zero-order chi connectivity index (χ0) is 18.9. The van der Waals surface area contributed by atoms with E-state index < -0.39 is 0 Å². The lowest BCUT2D eigenvalue weighted by Crippen LogP contribution is -2.34. The highest BCUT2D eigenvalue weighted by molar-refractivity contribution is 7.80. The quantitative estimate of drug-likeness (QED) is 0.532. The number of carbonyl (C=O) groups is 1. The molecule has 0 aliphatic rings. The van der Waals surface area contributed by atoms with Crippen molar-refractivity contribution >= 4 is 28.9 Å². The number of nitrogens with one attached hydrogen (secondary N) is 2. The summed E-state index contributed by atoms with van der Waals surface area (Å²) in [6.07, 6.45) is 3.21. The Bertz CT molecular complexity index is 774. The Balaban J connectivity index is 1.99. The number of anilines is 1. The number of carbonyl (C=O) groups excluding carboxylic acids is 1. The lowest BCUT2D eigenvalue weighted by atomic mass is 10.1. The van der Waals surface area contributed by atoms with Gasteiger partial charge in [0.1, 0.15) is 5.75 Å². The van der Waals surface area contributed by atoms with Crippen LogP contribution in [0.3, 0.4) is 0 Å². The Labute approximate surface area is 161 Å². The van der Waals surface area contributed by atoms with E-state index >= 15 is 0 Å². The molecule has 0 saturated heterocycles. The van der Waals surface area contributed by atoms with Crippen LogP contribution in [-0.4, -0.2) is 17.6 Å². The molecule has 2 aromatic rings. The minimum absolute atomic E-state index is 0.266. The van der Waals surface area contributed by atoms with E-state index in [1.807, 2.05) is 38.1 Å². The van der Waals surface area contributed by atoms with Gasteiger partial charge in [-0.1, -0.05) is 49.6 Å². The molecule has 0 saturated carbocycles. The number of para-hydroxylation sites is 1. The van der Waals surface area contributed by atoms with Gasteiger partial charge in [0, 0.05) is 5.69 Å². The summed E-state index contributed by atoms with van der Waals surface area (Å²) in [5, 5.41) is 6.07. The number of benzene rings is 2. The molecule has 0 radical (unpaired) electrons. The molecule has 0 aliphatic heterocycles. The van der Waals surface area contributed by atoms with Crippen LogP contribution in [0.4, 0.5) is 5.69 Å². The van der Waals surface area contributed by atoms with E-state index in [4.69, 9.17) is 17.0 Å². The molecule has 0 aromatic heterocycles. The Morgan fingerprint density at radius 2 is 1.88 bits per heavy atom. The topological polar surface area (TPSA) is 50.4 Å². The van der Waals surface area contributed by atoms with Crippen LogP contribution in [-0.2, 0) is 0 Å². The summed E-state index contributed by atoms with van der Waals surface area (Å²) in [6.45, 7) is 6.78. The molecule has 0 spiro atoms. The molecule has 0 fully saturated rings. The second-order valence-corrected chi connectivity index (χ2v) is 6.69. The van der Waals surface area contributed by atoms with Gasteiger partial charge >= 0.3 is 0 Å². The van der Waals surface area contributed by atoms with Crippen molar-refractivity contribution in [1.29, 1.82) is 0 Å². The first kappa shape index (κ1) is 19.9. The first-order valence-electron chi connectivity index (χ1n) is 8.92. The fourth-order valence-corrected chi connectivity index (χ4v) is 2.79. The van der Waals surface area contributed by atoms with E-state index in [-0.39, 0.29) is 11.0 Å². The zero-order valence-corrected chi connectivity index (χ0v) is 16.4. The first-order chi connectivity index (χ1) is 12.5. The van der Waals surface area contributed by atoms with Crippen LogP contribution in [0.2, 0.25) is 0 Å². The normalized spacial score (nSPS) is 10.3. The third kappa shape index (κ3) is 5.85. The molecule has 2 aromatic carbocycles. The minimum Gasteiger partial charge on any atom is -0.493 e. The summed E-state index contributed by atoms with van der Waals surface area (Å²) in [7, 11) is 0. The third-order valence-electron chi connectivity index (χ3n) is 3.99. The van der Waals surface area contributed by atoms with Crippen molar-refractivity contribution < 1.29 is 9.53 Å². The highest BCUT2D eigenvalue weighted by Gasteiger charge is 2.14. The predicted octanol–water partition coefficient (Wildman–Crippen LogP) is 5.00. The van der Waals surface area contributed by atoms with E-state index in [2.05, 4.69) is 23.6 Å². The minimum atomic E-state index is -0.279. The molecule has 26 heavy (non-hydrogen) atoms. The molecule has 0 aliphatic carbocycles. The smallest absolute Gasteiger partial charge is 0.261 e. The van der Waals surface area contributed by atoms with E-state index in [0.717, 1.165) is 30.5 Å². The van der Waals surface area contributed by atoms with Gasteiger partial charge in [0.25, 0.3) is 5.91 Å². The standard InChI is InChI=1S/C21H26N2O2S/c1-4-5-8-13-25-19-10-7-6-9-17(19)20(24)23-21(26)22-18-12-11-15(2)14-16(18)3/h6-7,9-12,14H,4-5,8,13H2,1-3H3,(H2,22,23,24,26). The van der Waals surface area contributed by atoms with Gasteiger partial charge in [-0.15, -0.1) is 0 Å². The fraction of sp³-hybridized carbons (Fsp3) is 0.333. The second-order valence-electron chi connectivity index (χ2n) is 6.28. The maximum Gasteiger partial charge on any atom is 0.261 e. The Hall–Kier alpha value is -2.40. The van der Waals surface area contributed by atoms with Crippen LogP contribution in [0.1, 0.15) is 47.7 Å². The lowest BCUT2D eigenvalue weighted by Gasteiger charge is -2.14. The van der Waals surface area contributed by atoms with Crippen molar-refractivity contribution in [1.82, 2.24) is 5.32 Å². The van der Waals surface area contributed by atoms with Crippen molar-refractivity contribution in [2.45, 2.75) is 40.0 Å². The van der Waals surface area contributed by atoms with Crippen molar-refractivity contribution in [2.24, 2.45) is 0 Å². The zero-order valence-electron chi connectivity index (χ0n) is 15.6. The van der Waals surface area contributed by atoms with Crippen molar-refractivity contribution in [3.8, 4) is 5.75 Å². The monoisotopic (exact) mass is 370 g/mol. The molecule has 1 amide bonds. The molecule has 5 heteroatoms. The van der Waals surface area contributed by atoms with Crippen LogP contribution < -0.4 is 15.4 Å². The molecule has 2 rings (SSSR count). The third-order valence-corrected chi connectivity index (χ3v) is 4.20. The summed E-state index contributed by atoms with van der Waals surface area (Å²) in [5.41, 5.74) is 3.61. The van der Waals surface area contributed by atoms with Gasteiger partial charge in [-0.25, -0.2) is 0 Å². The Morgan fingerprint density at radius 3 is 2.62 bits per heavy atom. The van der Waals surface area contributed by atoms with E-state index in [1.54, 1.807) is 12.1 Å². The van der Waals surface area contributed by atoms with Gasteiger partial charge in [0.15, 0.2) is 5.11 Å². The molecule has 0 bridgehead atoms. The molecular formula is C21H26N2O2S. The number of thiocarbonyl (C=S) groups is 1. The summed E-state index contributed by atoms with van der Waals surface area (Å²) < 4.78 is 5.77. The first-order valence-corrected chi connectivity index (χ1v) is 9.33. The summed E-state index contributed by atoms with van der Waals surface area (Å²) in [6, 6.07) is 13.2. The summed E-state index contributed by atoms with van der Waals surface area (Å²) in [4.78, 5) is 12.6. The van der Waals surface area contributed by atoms with Crippen LogP contribution >= 0.6 is 12.2 Å². The highest BCUT2D eigenvalue weighted by Crippen LogP contribution is 2.19. The number of hydrogen-bond donors (Lipinski definition) is 2. The van der Waals surface area contributed by atoms with Gasteiger partial charge in [-0.2, -0.15) is 0 Å². The van der Waals surface area contributed by atoms with E-state index in [1.165, 1.54) is 5.56 Å². The maximum atomic E-state index is 12.6. The number of ether oxygens (including phenoxy) is 1. The number of aryl methyl sites for hydroxylation is 2. The number of amides is 1. The van der Waals surface area contributed by atoms with Crippen LogP contribution in [0.5, 0.6) is 5.75 Å². The summed E-state index contributed by atoms with van der Waals surface area (Å²) in [5.74, 6) is 0.300. The number of rotatable bonds is 7. The van der Waals surface area contributed by atoms with Crippen LogP contribution in [0.25, 0.3) is 0 Å². The average Bonchev–Trinajstić information content (AvgIpc) is 2.61. The average molecular weight is 371 g/mol. The fourth-order valence-electron chi connectivity index (χ4n) is 2.59. The van der Waals surface area contributed by atoms with Gasteiger partial charge in [-0.3, -0.25) is 10.1 Å². The lowest BCUT2D eigenvalue weighted by molar-refractivity contribution is 0.0973. The van der Waals surface area contributed by atoms with Gasteiger partial charge < -0.3 is 10.1 Å². The molecule has 2 N–H and O–H groups in total. The van der Waals surface area contributed by atoms with Crippen molar-refractivity contribution in [3.05, 3.63) is 59.2 Å². The van der Waals surface area contributed by atoms with Gasteiger partial charge in [0.05, 0.1) is 12.2 Å². The van der Waals surface area contributed by atoms with Crippen molar-refractivity contribution in [2.75, 3.05) is 11.9 Å². The molecular weight excluding hydrogens is 344 g/mol. The predicted molar refractivity (Wildman–Crippen MR) is 111 cm³/mol. The van der Waals surface area contributed by atoms with Crippen LogP contribution in [0, 0.1) is 13.8 Å². The molecule has 0 unspecified atom stereocenters. The Kier molecular flexibility index (Phi) is 7.60. The van der Waals surface area contributed by atoms with E-state index in [9.17, 15) is 4.79 Å². The maximum absolute atomic E-state index is 12.6. The number of hydrogen-bond acceptors (Lipinski definition) is 3. The molecule has 138 valence electrons. The Morgan fingerprint density at radius 1 is 1.12 bits per heavy atom. The molecule has 4 nitrogen and oxygen atoms in total.